The summed E-state index contributed by atoms with van der Waals surface area (Å²) in [6.07, 6.45) is 2.83. The second-order valence-electron chi connectivity index (χ2n) is 5.55. The molecule has 1 heterocycles. The summed E-state index contributed by atoms with van der Waals surface area (Å²) in [4.78, 5) is 14.6. The molecule has 3 rings (SSSR count). The largest absolute Gasteiger partial charge is 0.335 e. The van der Waals surface area contributed by atoms with Crippen molar-refractivity contribution in [2.75, 3.05) is 0 Å². The minimum atomic E-state index is 0.254. The van der Waals surface area contributed by atoms with Crippen molar-refractivity contribution in [2.45, 2.75) is 38.8 Å². The van der Waals surface area contributed by atoms with Crippen LogP contribution in [0.25, 0.3) is 0 Å². The second kappa shape index (κ2) is 5.80. The average Bonchev–Trinajstić information content (AvgIpc) is 3.12. The molecule has 0 bridgehead atoms. The monoisotopic (exact) mass is 285 g/mol. The van der Waals surface area contributed by atoms with Crippen molar-refractivity contribution in [3.63, 3.8) is 0 Å². The number of thiophene rings is 1. The number of carbonyl (C=O) groups is 1. The van der Waals surface area contributed by atoms with Crippen molar-refractivity contribution >= 4 is 17.2 Å². The SMILES string of the molecule is Cc1cccc(CC(=O)N(Cc2ccsc2)C2CC2)c1. The van der Waals surface area contributed by atoms with E-state index in [0.717, 1.165) is 24.9 Å². The van der Waals surface area contributed by atoms with Crippen LogP contribution in [0.1, 0.15) is 29.5 Å². The lowest BCUT2D eigenvalue weighted by atomic mass is 10.1. The molecule has 2 aromatic rings. The molecule has 0 spiro atoms. The van der Waals surface area contributed by atoms with E-state index >= 15 is 0 Å². The minimum absolute atomic E-state index is 0.254. The molecular weight excluding hydrogens is 266 g/mol. The normalized spacial score (nSPS) is 14.2. The van der Waals surface area contributed by atoms with Gasteiger partial charge >= 0.3 is 0 Å². The van der Waals surface area contributed by atoms with Crippen molar-refractivity contribution in [3.8, 4) is 0 Å². The predicted molar refractivity (Wildman–Crippen MR) is 82.8 cm³/mol. The predicted octanol–water partition coefficient (Wildman–Crippen LogP) is 3.79. The van der Waals surface area contributed by atoms with Crippen molar-refractivity contribution in [1.82, 2.24) is 4.90 Å². The third-order valence-electron chi connectivity index (χ3n) is 3.68. The van der Waals surface area contributed by atoms with E-state index in [-0.39, 0.29) is 5.91 Å². The Hall–Kier alpha value is -1.61. The summed E-state index contributed by atoms with van der Waals surface area (Å²) < 4.78 is 0. The molecule has 1 aliphatic rings. The van der Waals surface area contributed by atoms with E-state index in [0.29, 0.717) is 12.5 Å². The molecule has 1 aromatic heterocycles. The van der Waals surface area contributed by atoms with Crippen molar-refractivity contribution in [3.05, 3.63) is 57.8 Å². The molecule has 2 nitrogen and oxygen atoms in total. The summed E-state index contributed by atoms with van der Waals surface area (Å²) in [5.74, 6) is 0.254. The molecule has 0 N–H and O–H groups in total. The number of hydrogen-bond donors (Lipinski definition) is 0. The third-order valence-corrected chi connectivity index (χ3v) is 4.41. The zero-order valence-electron chi connectivity index (χ0n) is 11.7. The molecule has 104 valence electrons. The van der Waals surface area contributed by atoms with Crippen LogP contribution in [0.4, 0.5) is 0 Å². The molecule has 3 heteroatoms. The lowest BCUT2D eigenvalue weighted by molar-refractivity contribution is -0.131. The van der Waals surface area contributed by atoms with Crippen LogP contribution in [-0.2, 0) is 17.8 Å². The molecule has 1 saturated carbocycles. The highest BCUT2D eigenvalue weighted by Crippen LogP contribution is 2.29. The van der Waals surface area contributed by atoms with Gasteiger partial charge in [-0.2, -0.15) is 11.3 Å². The van der Waals surface area contributed by atoms with Gasteiger partial charge in [-0.15, -0.1) is 0 Å². The standard InChI is InChI=1S/C17H19NOS/c1-13-3-2-4-14(9-13)10-17(19)18(16-5-6-16)11-15-7-8-20-12-15/h2-4,7-9,12,16H,5-6,10-11H2,1H3. The number of nitrogens with zero attached hydrogens (tertiary/aromatic N) is 1. The maximum Gasteiger partial charge on any atom is 0.227 e. The Labute approximate surface area is 124 Å². The smallest absolute Gasteiger partial charge is 0.227 e. The average molecular weight is 285 g/mol. The molecule has 1 aromatic carbocycles. The second-order valence-corrected chi connectivity index (χ2v) is 6.33. The highest BCUT2D eigenvalue weighted by molar-refractivity contribution is 7.07. The first-order valence-electron chi connectivity index (χ1n) is 7.08. The van der Waals surface area contributed by atoms with Crippen LogP contribution >= 0.6 is 11.3 Å². The summed E-state index contributed by atoms with van der Waals surface area (Å²) in [6.45, 7) is 2.83. The van der Waals surface area contributed by atoms with Gasteiger partial charge in [-0.3, -0.25) is 4.79 Å². The van der Waals surface area contributed by atoms with Gasteiger partial charge < -0.3 is 4.90 Å². The first kappa shape index (κ1) is 13.4. The quantitative estimate of drug-likeness (QED) is 0.818. The number of amides is 1. The maximum absolute atomic E-state index is 12.6. The molecule has 1 fully saturated rings. The highest BCUT2D eigenvalue weighted by Gasteiger charge is 2.32. The summed E-state index contributed by atoms with van der Waals surface area (Å²) >= 11 is 1.69. The van der Waals surface area contributed by atoms with Crippen LogP contribution in [0, 0.1) is 6.92 Å². The van der Waals surface area contributed by atoms with Crippen molar-refractivity contribution < 1.29 is 4.79 Å². The van der Waals surface area contributed by atoms with Crippen molar-refractivity contribution in [2.24, 2.45) is 0 Å². The summed E-state index contributed by atoms with van der Waals surface area (Å²) in [6, 6.07) is 10.8. The number of aryl methyl sites for hydroxylation is 1. The number of benzene rings is 1. The molecule has 1 aliphatic carbocycles. The van der Waals surface area contributed by atoms with Crippen LogP contribution in [0.15, 0.2) is 41.1 Å². The molecular formula is C17H19NOS. The van der Waals surface area contributed by atoms with Crippen LogP contribution in [0.2, 0.25) is 0 Å². The van der Waals surface area contributed by atoms with Gasteiger partial charge in [-0.25, -0.2) is 0 Å². The van der Waals surface area contributed by atoms with Gasteiger partial charge in [0.15, 0.2) is 0 Å². The molecule has 0 radical (unpaired) electrons. The first-order valence-corrected chi connectivity index (χ1v) is 8.03. The van der Waals surface area contributed by atoms with E-state index < -0.39 is 0 Å². The van der Waals surface area contributed by atoms with Crippen LogP contribution in [0.5, 0.6) is 0 Å². The van der Waals surface area contributed by atoms with Gasteiger partial charge in [-0.1, -0.05) is 29.8 Å². The van der Waals surface area contributed by atoms with Gasteiger partial charge in [0.2, 0.25) is 5.91 Å². The highest BCUT2D eigenvalue weighted by atomic mass is 32.1. The summed E-state index contributed by atoms with van der Waals surface area (Å²) in [5, 5.41) is 4.21. The number of rotatable bonds is 5. The molecule has 0 atom stereocenters. The van der Waals surface area contributed by atoms with E-state index in [1.165, 1.54) is 11.1 Å². The Bertz CT molecular complexity index is 587. The van der Waals surface area contributed by atoms with Crippen molar-refractivity contribution in [1.29, 1.82) is 0 Å². The topological polar surface area (TPSA) is 20.3 Å². The van der Waals surface area contributed by atoms with E-state index in [4.69, 9.17) is 0 Å². The van der Waals surface area contributed by atoms with Crippen LogP contribution < -0.4 is 0 Å². The third kappa shape index (κ3) is 3.28. The lowest BCUT2D eigenvalue weighted by Gasteiger charge is -2.22. The molecule has 0 aliphatic heterocycles. The number of carbonyl (C=O) groups excluding carboxylic acids is 1. The lowest BCUT2D eigenvalue weighted by Crippen LogP contribution is -2.33. The van der Waals surface area contributed by atoms with Gasteiger partial charge in [-0.05, 0) is 47.7 Å². The van der Waals surface area contributed by atoms with Crippen LogP contribution in [-0.4, -0.2) is 16.8 Å². The Kier molecular flexibility index (Phi) is 3.88. The number of hydrogen-bond acceptors (Lipinski definition) is 2. The maximum atomic E-state index is 12.6. The Morgan fingerprint density at radius 2 is 2.15 bits per heavy atom. The molecule has 20 heavy (non-hydrogen) atoms. The van der Waals surface area contributed by atoms with Crippen LogP contribution in [0.3, 0.4) is 0 Å². The molecule has 0 saturated heterocycles. The zero-order chi connectivity index (χ0) is 13.9. The molecule has 0 unspecified atom stereocenters. The van der Waals surface area contributed by atoms with Gasteiger partial charge in [0.1, 0.15) is 0 Å². The fourth-order valence-corrected chi connectivity index (χ4v) is 3.14. The molecule has 1 amide bonds. The van der Waals surface area contributed by atoms with E-state index in [2.05, 4.69) is 40.8 Å². The Morgan fingerprint density at radius 1 is 1.30 bits per heavy atom. The Balaban J connectivity index is 1.69. The van der Waals surface area contributed by atoms with E-state index in [1.807, 2.05) is 12.1 Å². The Morgan fingerprint density at radius 3 is 2.80 bits per heavy atom. The first-order chi connectivity index (χ1) is 9.72. The summed E-state index contributed by atoms with van der Waals surface area (Å²) in [5.41, 5.74) is 3.58. The summed E-state index contributed by atoms with van der Waals surface area (Å²) in [7, 11) is 0. The van der Waals surface area contributed by atoms with Gasteiger partial charge in [0.25, 0.3) is 0 Å². The van der Waals surface area contributed by atoms with Gasteiger partial charge in [0.05, 0.1) is 6.42 Å². The van der Waals surface area contributed by atoms with E-state index in [9.17, 15) is 4.79 Å². The van der Waals surface area contributed by atoms with E-state index in [1.54, 1.807) is 11.3 Å². The zero-order valence-corrected chi connectivity index (χ0v) is 12.5. The minimum Gasteiger partial charge on any atom is -0.335 e. The van der Waals surface area contributed by atoms with Gasteiger partial charge in [0, 0.05) is 12.6 Å². The fraction of sp³-hybridized carbons (Fsp3) is 0.353. The fourth-order valence-electron chi connectivity index (χ4n) is 2.48.